The SMILES string of the molecule is O=C(CC(NC(=O)c1ccccc1)c1ccccc1)Nc1ccc(NC(=O)C2CC2)cc1. The molecule has 3 N–H and O–H groups in total. The standard InChI is InChI=1S/C26H25N3O3/c30-24(27-21-13-15-22(16-14-21)28-25(31)20-11-12-20)17-23(18-7-3-1-4-8-18)29-26(32)19-9-5-2-6-10-19/h1-10,13-16,20,23H,11-12,17H2,(H,27,30)(H,28,31)(H,29,32). The van der Waals surface area contributed by atoms with Crippen LogP contribution in [0.4, 0.5) is 11.4 Å². The molecule has 0 heterocycles. The van der Waals surface area contributed by atoms with E-state index in [0.29, 0.717) is 16.9 Å². The minimum atomic E-state index is -0.471. The molecule has 1 unspecified atom stereocenters. The number of anilines is 2. The van der Waals surface area contributed by atoms with Gasteiger partial charge in [-0.15, -0.1) is 0 Å². The number of hydrogen-bond acceptors (Lipinski definition) is 3. The highest BCUT2D eigenvalue weighted by Crippen LogP contribution is 2.30. The molecule has 0 aromatic heterocycles. The van der Waals surface area contributed by atoms with Crippen LogP contribution in [-0.2, 0) is 9.59 Å². The van der Waals surface area contributed by atoms with Gasteiger partial charge in [0.25, 0.3) is 5.91 Å². The molecule has 1 fully saturated rings. The Hall–Kier alpha value is -3.93. The van der Waals surface area contributed by atoms with Crippen molar-refractivity contribution < 1.29 is 14.4 Å². The lowest BCUT2D eigenvalue weighted by atomic mass is 10.0. The predicted octanol–water partition coefficient (Wildman–Crippen LogP) is 4.54. The number of amides is 3. The van der Waals surface area contributed by atoms with Crippen LogP contribution in [0, 0.1) is 5.92 Å². The Morgan fingerprint density at radius 1 is 0.750 bits per heavy atom. The van der Waals surface area contributed by atoms with Crippen molar-refractivity contribution in [3.63, 3.8) is 0 Å². The number of rotatable bonds is 8. The van der Waals surface area contributed by atoms with Crippen LogP contribution in [0.15, 0.2) is 84.9 Å². The van der Waals surface area contributed by atoms with Crippen molar-refractivity contribution in [2.24, 2.45) is 5.92 Å². The Morgan fingerprint density at radius 3 is 1.91 bits per heavy atom. The molecule has 1 aliphatic carbocycles. The summed E-state index contributed by atoms with van der Waals surface area (Å²) in [6.07, 6.45) is 1.98. The highest BCUT2D eigenvalue weighted by atomic mass is 16.2. The largest absolute Gasteiger partial charge is 0.345 e. The molecule has 1 atom stereocenters. The molecule has 3 aromatic carbocycles. The van der Waals surface area contributed by atoms with Crippen molar-refractivity contribution in [1.29, 1.82) is 0 Å². The molecule has 0 aliphatic heterocycles. The van der Waals surface area contributed by atoms with Gasteiger partial charge in [0.1, 0.15) is 0 Å². The topological polar surface area (TPSA) is 87.3 Å². The van der Waals surface area contributed by atoms with E-state index in [1.165, 1.54) is 0 Å². The summed E-state index contributed by atoms with van der Waals surface area (Å²) in [6.45, 7) is 0. The van der Waals surface area contributed by atoms with Crippen LogP contribution < -0.4 is 16.0 Å². The third kappa shape index (κ3) is 5.82. The van der Waals surface area contributed by atoms with Crippen molar-refractivity contribution >= 4 is 29.1 Å². The third-order valence-electron chi connectivity index (χ3n) is 5.32. The van der Waals surface area contributed by atoms with Gasteiger partial charge in [-0.3, -0.25) is 14.4 Å². The van der Waals surface area contributed by atoms with Gasteiger partial charge in [0.05, 0.1) is 12.5 Å². The summed E-state index contributed by atoms with van der Waals surface area (Å²) in [5.41, 5.74) is 2.72. The summed E-state index contributed by atoms with van der Waals surface area (Å²) in [4.78, 5) is 37.3. The number of hydrogen-bond donors (Lipinski definition) is 3. The van der Waals surface area contributed by atoms with E-state index in [0.717, 1.165) is 18.4 Å². The molecule has 3 aromatic rings. The zero-order valence-electron chi connectivity index (χ0n) is 17.6. The third-order valence-corrected chi connectivity index (χ3v) is 5.32. The summed E-state index contributed by atoms with van der Waals surface area (Å²) in [7, 11) is 0. The van der Waals surface area contributed by atoms with Crippen molar-refractivity contribution in [3.05, 3.63) is 96.1 Å². The van der Waals surface area contributed by atoms with Crippen LogP contribution in [0.2, 0.25) is 0 Å². The Bertz CT molecular complexity index is 1080. The van der Waals surface area contributed by atoms with Gasteiger partial charge in [0.15, 0.2) is 0 Å². The van der Waals surface area contributed by atoms with Crippen molar-refractivity contribution in [3.8, 4) is 0 Å². The molecule has 162 valence electrons. The van der Waals surface area contributed by atoms with E-state index < -0.39 is 6.04 Å². The first-order valence-electron chi connectivity index (χ1n) is 10.7. The smallest absolute Gasteiger partial charge is 0.251 e. The lowest BCUT2D eigenvalue weighted by Gasteiger charge is -2.19. The Balaban J connectivity index is 1.39. The summed E-state index contributed by atoms with van der Waals surface area (Å²) >= 11 is 0. The van der Waals surface area contributed by atoms with Gasteiger partial charge < -0.3 is 16.0 Å². The van der Waals surface area contributed by atoms with Gasteiger partial charge >= 0.3 is 0 Å². The Morgan fingerprint density at radius 2 is 1.31 bits per heavy atom. The predicted molar refractivity (Wildman–Crippen MR) is 124 cm³/mol. The summed E-state index contributed by atoms with van der Waals surface area (Å²) in [5, 5.41) is 8.71. The molecule has 6 heteroatoms. The van der Waals surface area contributed by atoms with Crippen LogP contribution >= 0.6 is 0 Å². The van der Waals surface area contributed by atoms with E-state index >= 15 is 0 Å². The second-order valence-corrected chi connectivity index (χ2v) is 7.90. The molecule has 0 spiro atoms. The summed E-state index contributed by atoms with van der Waals surface area (Å²) in [6, 6.07) is 24.9. The monoisotopic (exact) mass is 427 g/mol. The number of carbonyl (C=O) groups excluding carboxylic acids is 3. The number of nitrogens with one attached hydrogen (secondary N) is 3. The van der Waals surface area contributed by atoms with Crippen LogP contribution in [0.1, 0.15) is 41.2 Å². The minimum Gasteiger partial charge on any atom is -0.345 e. The van der Waals surface area contributed by atoms with E-state index in [4.69, 9.17) is 0 Å². The summed E-state index contributed by atoms with van der Waals surface area (Å²) in [5.74, 6) is -0.276. The average molecular weight is 428 g/mol. The lowest BCUT2D eigenvalue weighted by Crippen LogP contribution is -2.31. The molecule has 0 bridgehead atoms. The van der Waals surface area contributed by atoms with Crippen molar-refractivity contribution in [1.82, 2.24) is 5.32 Å². The van der Waals surface area contributed by atoms with Gasteiger partial charge in [-0.1, -0.05) is 48.5 Å². The van der Waals surface area contributed by atoms with Gasteiger partial charge in [-0.05, 0) is 54.8 Å². The number of benzene rings is 3. The van der Waals surface area contributed by atoms with E-state index in [2.05, 4.69) is 16.0 Å². The highest BCUT2D eigenvalue weighted by molar-refractivity contribution is 5.96. The minimum absolute atomic E-state index is 0.0432. The van der Waals surface area contributed by atoms with Crippen LogP contribution in [-0.4, -0.2) is 17.7 Å². The maximum absolute atomic E-state index is 12.7. The van der Waals surface area contributed by atoms with E-state index in [-0.39, 0.29) is 30.1 Å². The van der Waals surface area contributed by atoms with Gasteiger partial charge in [0, 0.05) is 22.9 Å². The Labute approximate surface area is 187 Å². The lowest BCUT2D eigenvalue weighted by molar-refractivity contribution is -0.117. The fourth-order valence-electron chi connectivity index (χ4n) is 3.39. The van der Waals surface area contributed by atoms with Crippen LogP contribution in [0.3, 0.4) is 0 Å². The van der Waals surface area contributed by atoms with Gasteiger partial charge in [0.2, 0.25) is 11.8 Å². The number of carbonyl (C=O) groups is 3. The average Bonchev–Trinajstić information content (AvgIpc) is 3.67. The van der Waals surface area contributed by atoms with E-state index in [1.807, 2.05) is 36.4 Å². The quantitative estimate of drug-likeness (QED) is 0.493. The molecule has 32 heavy (non-hydrogen) atoms. The molecule has 0 saturated heterocycles. The zero-order chi connectivity index (χ0) is 22.3. The Kier molecular flexibility index (Phi) is 6.60. The molecule has 1 aliphatic rings. The van der Waals surface area contributed by atoms with Gasteiger partial charge in [-0.25, -0.2) is 0 Å². The summed E-state index contributed by atoms with van der Waals surface area (Å²) < 4.78 is 0. The molecule has 1 saturated carbocycles. The van der Waals surface area contributed by atoms with Crippen LogP contribution in [0.25, 0.3) is 0 Å². The second kappa shape index (κ2) is 9.92. The van der Waals surface area contributed by atoms with Crippen molar-refractivity contribution in [2.45, 2.75) is 25.3 Å². The van der Waals surface area contributed by atoms with Crippen LogP contribution in [0.5, 0.6) is 0 Å². The van der Waals surface area contributed by atoms with Crippen molar-refractivity contribution in [2.75, 3.05) is 10.6 Å². The maximum Gasteiger partial charge on any atom is 0.251 e. The zero-order valence-corrected chi connectivity index (χ0v) is 17.6. The highest BCUT2D eigenvalue weighted by Gasteiger charge is 2.29. The first kappa shape index (κ1) is 21.3. The second-order valence-electron chi connectivity index (χ2n) is 7.90. The molecular weight excluding hydrogens is 402 g/mol. The molecule has 3 amide bonds. The normalized spacial score (nSPS) is 13.6. The molecular formula is C26H25N3O3. The molecule has 0 radical (unpaired) electrons. The van der Waals surface area contributed by atoms with E-state index in [1.54, 1.807) is 48.5 Å². The first-order chi connectivity index (χ1) is 15.6. The first-order valence-corrected chi connectivity index (χ1v) is 10.7. The maximum atomic E-state index is 12.7. The molecule has 6 nitrogen and oxygen atoms in total. The fourth-order valence-corrected chi connectivity index (χ4v) is 3.39. The fraction of sp³-hybridized carbons (Fsp3) is 0.192. The van der Waals surface area contributed by atoms with Gasteiger partial charge in [-0.2, -0.15) is 0 Å². The van der Waals surface area contributed by atoms with E-state index in [9.17, 15) is 14.4 Å². The molecule has 4 rings (SSSR count).